The van der Waals surface area contributed by atoms with Gasteiger partial charge in [0.1, 0.15) is 0 Å². The van der Waals surface area contributed by atoms with Crippen molar-refractivity contribution < 1.29 is 4.74 Å². The molecule has 94 valence electrons. The molecule has 0 aliphatic carbocycles. The predicted octanol–water partition coefficient (Wildman–Crippen LogP) is 1.14. The summed E-state index contributed by atoms with van der Waals surface area (Å²) in [4.78, 5) is 3.98. The van der Waals surface area contributed by atoms with Crippen LogP contribution in [-0.4, -0.2) is 30.9 Å². The van der Waals surface area contributed by atoms with Crippen LogP contribution in [0, 0.1) is 5.92 Å². The maximum absolute atomic E-state index is 5.60. The van der Waals surface area contributed by atoms with Crippen LogP contribution in [0.15, 0.2) is 24.5 Å². The van der Waals surface area contributed by atoms with E-state index < -0.39 is 0 Å². The zero-order valence-corrected chi connectivity index (χ0v) is 10.4. The summed E-state index contributed by atoms with van der Waals surface area (Å²) in [5, 5.41) is 6.71. The molecule has 0 saturated carbocycles. The molecular formula is C13H21N3O. The van der Waals surface area contributed by atoms with E-state index in [-0.39, 0.29) is 0 Å². The quantitative estimate of drug-likeness (QED) is 0.573. The molecule has 1 unspecified atom stereocenters. The van der Waals surface area contributed by atoms with Gasteiger partial charge in [0.2, 0.25) is 0 Å². The third-order valence-corrected chi connectivity index (χ3v) is 3.04. The zero-order chi connectivity index (χ0) is 11.9. The first kappa shape index (κ1) is 12.5. The van der Waals surface area contributed by atoms with Gasteiger partial charge >= 0.3 is 0 Å². The van der Waals surface area contributed by atoms with Crippen LogP contribution in [0.2, 0.25) is 0 Å². The zero-order valence-electron chi connectivity index (χ0n) is 10.4. The first-order valence-corrected chi connectivity index (χ1v) is 6.25. The lowest BCUT2D eigenvalue weighted by Gasteiger charge is -2.11. The Bertz CT molecular complexity index is 318. The van der Waals surface area contributed by atoms with Gasteiger partial charge in [-0.1, -0.05) is 6.92 Å². The summed E-state index contributed by atoms with van der Waals surface area (Å²) in [6.07, 6.45) is 4.84. The Balaban J connectivity index is 1.52. The van der Waals surface area contributed by atoms with E-state index in [1.807, 2.05) is 24.5 Å². The number of rotatable bonds is 6. The maximum atomic E-state index is 5.60. The molecule has 4 nitrogen and oxygen atoms in total. The molecular weight excluding hydrogens is 214 g/mol. The molecule has 17 heavy (non-hydrogen) atoms. The van der Waals surface area contributed by atoms with Gasteiger partial charge < -0.3 is 10.1 Å². The molecule has 2 heterocycles. The molecule has 1 aromatic heterocycles. The Morgan fingerprint density at radius 2 is 2.29 bits per heavy atom. The topological polar surface area (TPSA) is 46.2 Å². The van der Waals surface area contributed by atoms with E-state index in [1.54, 1.807) is 0 Å². The van der Waals surface area contributed by atoms with Gasteiger partial charge in [-0.15, -0.1) is 0 Å². The highest BCUT2D eigenvalue weighted by molar-refractivity contribution is 5.08. The fourth-order valence-electron chi connectivity index (χ4n) is 2.12. The molecule has 1 saturated heterocycles. The Morgan fingerprint density at radius 1 is 1.47 bits per heavy atom. The highest BCUT2D eigenvalue weighted by atomic mass is 16.5. The van der Waals surface area contributed by atoms with Gasteiger partial charge in [-0.3, -0.25) is 10.3 Å². The minimum Gasteiger partial charge on any atom is -0.365 e. The SMILES string of the molecule is CC1CN[C@H](COCNCc2ccncc2)C1. The molecule has 0 spiro atoms. The lowest BCUT2D eigenvalue weighted by Crippen LogP contribution is -2.29. The van der Waals surface area contributed by atoms with E-state index in [4.69, 9.17) is 4.74 Å². The van der Waals surface area contributed by atoms with Crippen molar-refractivity contribution in [1.29, 1.82) is 0 Å². The van der Waals surface area contributed by atoms with E-state index in [0.29, 0.717) is 12.8 Å². The fraction of sp³-hybridized carbons (Fsp3) is 0.615. The lowest BCUT2D eigenvalue weighted by atomic mass is 10.1. The molecule has 0 bridgehead atoms. The molecule has 2 rings (SSSR count). The van der Waals surface area contributed by atoms with E-state index >= 15 is 0 Å². The molecule has 2 N–H and O–H groups in total. The summed E-state index contributed by atoms with van der Waals surface area (Å²) in [5.74, 6) is 0.786. The van der Waals surface area contributed by atoms with E-state index in [2.05, 4.69) is 22.5 Å². The summed E-state index contributed by atoms with van der Waals surface area (Å²) in [5.41, 5.74) is 1.23. The number of aromatic nitrogens is 1. The van der Waals surface area contributed by atoms with Crippen LogP contribution >= 0.6 is 0 Å². The third-order valence-electron chi connectivity index (χ3n) is 3.04. The van der Waals surface area contributed by atoms with Gasteiger partial charge in [-0.05, 0) is 36.6 Å². The minimum absolute atomic E-state index is 0.535. The summed E-state index contributed by atoms with van der Waals surface area (Å²) in [7, 11) is 0. The largest absolute Gasteiger partial charge is 0.365 e. The van der Waals surface area contributed by atoms with Crippen molar-refractivity contribution >= 4 is 0 Å². The summed E-state index contributed by atoms with van der Waals surface area (Å²) >= 11 is 0. The van der Waals surface area contributed by atoms with E-state index in [1.165, 1.54) is 12.0 Å². The van der Waals surface area contributed by atoms with Crippen LogP contribution in [0.3, 0.4) is 0 Å². The monoisotopic (exact) mass is 235 g/mol. The number of nitrogens with one attached hydrogen (secondary N) is 2. The number of ether oxygens (including phenoxy) is 1. The Hall–Kier alpha value is -0.970. The van der Waals surface area contributed by atoms with Gasteiger partial charge in [0.15, 0.2) is 0 Å². The van der Waals surface area contributed by atoms with E-state index in [9.17, 15) is 0 Å². The van der Waals surface area contributed by atoms with Crippen molar-refractivity contribution in [2.75, 3.05) is 19.9 Å². The van der Waals surface area contributed by atoms with Crippen LogP contribution in [0.4, 0.5) is 0 Å². The number of pyridine rings is 1. The predicted molar refractivity (Wildman–Crippen MR) is 67.5 cm³/mol. The third kappa shape index (κ3) is 4.42. The Morgan fingerprint density at radius 3 is 3.00 bits per heavy atom. The van der Waals surface area contributed by atoms with Crippen LogP contribution in [-0.2, 0) is 11.3 Å². The van der Waals surface area contributed by atoms with Crippen LogP contribution in [0.5, 0.6) is 0 Å². The second-order valence-corrected chi connectivity index (χ2v) is 4.74. The van der Waals surface area contributed by atoms with Crippen molar-refractivity contribution in [2.24, 2.45) is 5.92 Å². The molecule has 1 aromatic rings. The van der Waals surface area contributed by atoms with Crippen LogP contribution in [0.25, 0.3) is 0 Å². The summed E-state index contributed by atoms with van der Waals surface area (Å²) in [6, 6.07) is 4.55. The maximum Gasteiger partial charge on any atom is 0.0968 e. The molecule has 4 heteroatoms. The van der Waals surface area contributed by atoms with Gasteiger partial charge in [0, 0.05) is 25.0 Å². The second-order valence-electron chi connectivity index (χ2n) is 4.74. The van der Waals surface area contributed by atoms with Crippen molar-refractivity contribution in [3.05, 3.63) is 30.1 Å². The van der Waals surface area contributed by atoms with Gasteiger partial charge in [0.05, 0.1) is 13.3 Å². The Labute approximate surface area is 103 Å². The van der Waals surface area contributed by atoms with Crippen molar-refractivity contribution in [3.63, 3.8) is 0 Å². The van der Waals surface area contributed by atoms with Crippen molar-refractivity contribution in [2.45, 2.75) is 25.9 Å². The number of hydrogen-bond donors (Lipinski definition) is 2. The average Bonchev–Trinajstić information content (AvgIpc) is 2.76. The first-order chi connectivity index (χ1) is 8.34. The van der Waals surface area contributed by atoms with Gasteiger partial charge in [-0.2, -0.15) is 0 Å². The highest BCUT2D eigenvalue weighted by Crippen LogP contribution is 2.12. The molecule has 1 aliphatic rings. The van der Waals surface area contributed by atoms with E-state index in [0.717, 1.165) is 25.6 Å². The molecule has 0 radical (unpaired) electrons. The normalized spacial score (nSPS) is 24.1. The first-order valence-electron chi connectivity index (χ1n) is 6.25. The lowest BCUT2D eigenvalue weighted by molar-refractivity contribution is 0.0986. The van der Waals surface area contributed by atoms with Crippen molar-refractivity contribution in [1.82, 2.24) is 15.6 Å². The smallest absolute Gasteiger partial charge is 0.0968 e. The van der Waals surface area contributed by atoms with Gasteiger partial charge in [-0.25, -0.2) is 0 Å². The molecule has 1 fully saturated rings. The standard InChI is InChI=1S/C13H21N3O/c1-11-6-13(16-7-11)9-17-10-15-8-12-2-4-14-5-3-12/h2-5,11,13,15-16H,6-10H2,1H3/t11?,13-/m0/s1. The Kier molecular flexibility index (Phi) is 4.91. The molecule has 0 amide bonds. The average molecular weight is 235 g/mol. The highest BCUT2D eigenvalue weighted by Gasteiger charge is 2.19. The number of hydrogen-bond acceptors (Lipinski definition) is 4. The molecule has 1 aliphatic heterocycles. The molecule has 2 atom stereocenters. The molecule has 0 aromatic carbocycles. The summed E-state index contributed by atoms with van der Waals surface area (Å²) in [6.45, 7) is 5.63. The van der Waals surface area contributed by atoms with Crippen molar-refractivity contribution in [3.8, 4) is 0 Å². The number of nitrogens with zero attached hydrogens (tertiary/aromatic N) is 1. The van der Waals surface area contributed by atoms with Crippen LogP contribution < -0.4 is 10.6 Å². The second kappa shape index (κ2) is 6.69. The van der Waals surface area contributed by atoms with Crippen LogP contribution in [0.1, 0.15) is 18.9 Å². The van der Waals surface area contributed by atoms with Gasteiger partial charge in [0.25, 0.3) is 0 Å². The minimum atomic E-state index is 0.535. The summed E-state index contributed by atoms with van der Waals surface area (Å²) < 4.78 is 5.60. The fourth-order valence-corrected chi connectivity index (χ4v) is 2.12.